The van der Waals surface area contributed by atoms with Gasteiger partial charge in [-0.25, -0.2) is 0 Å². The molecule has 0 bridgehead atoms. The Morgan fingerprint density at radius 1 is 1.73 bits per heavy atom. The number of rotatable bonds is 4. The summed E-state index contributed by atoms with van der Waals surface area (Å²) in [6.45, 7) is 0. The minimum absolute atomic E-state index is 0.0796. The molecule has 0 aromatic carbocycles. The third-order valence-electron chi connectivity index (χ3n) is 1.98. The molecule has 0 aliphatic rings. The molecular weight excluding hydrogens is 302 g/mol. The average molecular weight is 313 g/mol. The first-order valence-electron chi connectivity index (χ1n) is 4.24. The number of nitrogens with zero attached hydrogens (tertiary/aromatic N) is 1. The molecule has 84 valence electrons. The van der Waals surface area contributed by atoms with E-state index >= 15 is 0 Å². The van der Waals surface area contributed by atoms with Crippen LogP contribution in [-0.2, 0) is 4.79 Å². The molecule has 0 radical (unpaired) electrons. The van der Waals surface area contributed by atoms with Crippen molar-refractivity contribution < 1.29 is 9.90 Å². The van der Waals surface area contributed by atoms with Crippen molar-refractivity contribution in [2.24, 2.45) is 0 Å². The number of hydrogen-bond acceptors (Lipinski definition) is 3. The molecule has 0 aliphatic heterocycles. The van der Waals surface area contributed by atoms with Crippen molar-refractivity contribution in [1.82, 2.24) is 4.90 Å². The van der Waals surface area contributed by atoms with Crippen molar-refractivity contribution in [3.05, 3.63) is 19.8 Å². The Hall–Kier alpha value is -0.100. The molecule has 3 nitrogen and oxygen atoms in total. The molecule has 0 spiro atoms. The predicted octanol–water partition coefficient (Wildman–Crippen LogP) is 3.24. The molecule has 1 atom stereocenters. The third kappa shape index (κ3) is 3.45. The zero-order valence-corrected chi connectivity index (χ0v) is 11.5. The van der Waals surface area contributed by atoms with Crippen molar-refractivity contribution in [3.8, 4) is 0 Å². The highest BCUT2D eigenvalue weighted by Gasteiger charge is 2.20. The molecule has 1 rings (SSSR count). The van der Waals surface area contributed by atoms with Crippen LogP contribution >= 0.6 is 38.9 Å². The zero-order valence-electron chi connectivity index (χ0n) is 8.33. The smallest absolute Gasteiger partial charge is 0.305 e. The van der Waals surface area contributed by atoms with Crippen molar-refractivity contribution in [3.63, 3.8) is 0 Å². The Bertz CT molecular complexity index is 347. The molecule has 1 unspecified atom stereocenters. The van der Waals surface area contributed by atoms with E-state index < -0.39 is 5.97 Å². The zero-order chi connectivity index (χ0) is 11.6. The second-order valence-corrected chi connectivity index (χ2v) is 5.89. The number of hydrogen-bond donors (Lipinski definition) is 1. The Labute approximate surface area is 106 Å². The van der Waals surface area contributed by atoms with Crippen LogP contribution in [0.15, 0.2) is 10.5 Å². The Balaban J connectivity index is 2.93. The van der Waals surface area contributed by atoms with Gasteiger partial charge in [0.1, 0.15) is 4.34 Å². The summed E-state index contributed by atoms with van der Waals surface area (Å²) in [7, 11) is 3.71. The molecule has 0 saturated heterocycles. The summed E-state index contributed by atoms with van der Waals surface area (Å²) < 4.78 is 1.48. The summed E-state index contributed by atoms with van der Waals surface area (Å²) in [6, 6.07) is 1.75. The van der Waals surface area contributed by atoms with Gasteiger partial charge in [-0.1, -0.05) is 11.6 Å². The summed E-state index contributed by atoms with van der Waals surface area (Å²) >= 11 is 10.6. The predicted molar refractivity (Wildman–Crippen MR) is 65.7 cm³/mol. The molecular formula is C9H11BrClNO2S. The number of carbonyl (C=O) groups is 1. The molecule has 6 heteroatoms. The first kappa shape index (κ1) is 13.0. The van der Waals surface area contributed by atoms with Crippen LogP contribution in [0, 0.1) is 0 Å². The van der Waals surface area contributed by atoms with Gasteiger partial charge in [0.05, 0.1) is 12.5 Å². The van der Waals surface area contributed by atoms with Crippen LogP contribution in [-0.4, -0.2) is 30.1 Å². The van der Waals surface area contributed by atoms with Gasteiger partial charge in [-0.2, -0.15) is 0 Å². The third-order valence-corrected chi connectivity index (χ3v) is 4.56. The van der Waals surface area contributed by atoms with E-state index in [2.05, 4.69) is 15.9 Å². The fraction of sp³-hybridized carbons (Fsp3) is 0.444. The first-order chi connectivity index (χ1) is 6.91. The van der Waals surface area contributed by atoms with E-state index in [0.717, 1.165) is 9.35 Å². The number of carboxylic acids is 1. The van der Waals surface area contributed by atoms with E-state index in [4.69, 9.17) is 16.7 Å². The van der Waals surface area contributed by atoms with Gasteiger partial charge in [-0.05, 0) is 36.1 Å². The van der Waals surface area contributed by atoms with Gasteiger partial charge in [0.25, 0.3) is 0 Å². The van der Waals surface area contributed by atoms with Gasteiger partial charge in [0.2, 0.25) is 0 Å². The number of thiophene rings is 1. The van der Waals surface area contributed by atoms with Crippen LogP contribution in [0.1, 0.15) is 17.3 Å². The minimum atomic E-state index is -0.811. The fourth-order valence-electron chi connectivity index (χ4n) is 1.23. The maximum absolute atomic E-state index is 10.7. The molecule has 1 heterocycles. The lowest BCUT2D eigenvalue weighted by atomic mass is 10.1. The number of carboxylic acid groups (broad SMARTS) is 1. The van der Waals surface area contributed by atoms with Gasteiger partial charge in [-0.15, -0.1) is 11.3 Å². The first-order valence-corrected chi connectivity index (χ1v) is 6.23. The standard InChI is InChI=1S/C9H11BrClNO2S/c1-12(2)6(4-8(13)14)7-3-5(10)9(11)15-7/h3,6H,4H2,1-2H3,(H,13,14). The van der Waals surface area contributed by atoms with E-state index in [1.165, 1.54) is 11.3 Å². The molecule has 0 aliphatic carbocycles. The van der Waals surface area contributed by atoms with Gasteiger partial charge in [0, 0.05) is 9.35 Å². The largest absolute Gasteiger partial charge is 0.481 e. The van der Waals surface area contributed by atoms with Crippen LogP contribution in [0.3, 0.4) is 0 Å². The van der Waals surface area contributed by atoms with E-state index in [1.54, 1.807) is 0 Å². The molecule has 1 aromatic rings. The molecule has 1 aromatic heterocycles. The summed E-state index contributed by atoms with van der Waals surface area (Å²) in [5, 5.41) is 8.80. The average Bonchev–Trinajstić information content (AvgIpc) is 2.42. The van der Waals surface area contributed by atoms with Crippen molar-refractivity contribution in [1.29, 1.82) is 0 Å². The summed E-state index contributed by atoms with van der Waals surface area (Å²) in [4.78, 5) is 13.5. The van der Waals surface area contributed by atoms with Crippen LogP contribution in [0.5, 0.6) is 0 Å². The Morgan fingerprint density at radius 3 is 2.67 bits per heavy atom. The van der Waals surface area contributed by atoms with Gasteiger partial charge in [0.15, 0.2) is 0 Å². The lowest BCUT2D eigenvalue weighted by molar-refractivity contribution is -0.138. The van der Waals surface area contributed by atoms with E-state index in [-0.39, 0.29) is 12.5 Å². The molecule has 15 heavy (non-hydrogen) atoms. The van der Waals surface area contributed by atoms with Crippen molar-refractivity contribution in [2.75, 3.05) is 14.1 Å². The Morgan fingerprint density at radius 2 is 2.33 bits per heavy atom. The highest BCUT2D eigenvalue weighted by Crippen LogP contribution is 2.37. The van der Waals surface area contributed by atoms with Crippen molar-refractivity contribution in [2.45, 2.75) is 12.5 Å². The molecule has 0 saturated carbocycles. The van der Waals surface area contributed by atoms with Crippen LogP contribution < -0.4 is 0 Å². The van der Waals surface area contributed by atoms with E-state index in [1.807, 2.05) is 25.1 Å². The van der Waals surface area contributed by atoms with Crippen LogP contribution in [0.4, 0.5) is 0 Å². The summed E-state index contributed by atoms with van der Waals surface area (Å²) in [5.41, 5.74) is 0. The number of halogens is 2. The molecule has 1 N–H and O–H groups in total. The lowest BCUT2D eigenvalue weighted by Crippen LogP contribution is -2.21. The minimum Gasteiger partial charge on any atom is -0.481 e. The maximum Gasteiger partial charge on any atom is 0.305 e. The van der Waals surface area contributed by atoms with E-state index in [9.17, 15) is 4.79 Å². The second-order valence-electron chi connectivity index (χ2n) is 3.35. The molecule has 0 fully saturated rings. The lowest BCUT2D eigenvalue weighted by Gasteiger charge is -2.21. The highest BCUT2D eigenvalue weighted by atomic mass is 79.9. The fourth-order valence-corrected chi connectivity index (χ4v) is 3.16. The van der Waals surface area contributed by atoms with E-state index in [0.29, 0.717) is 4.34 Å². The highest BCUT2D eigenvalue weighted by molar-refractivity contribution is 9.10. The normalized spacial score (nSPS) is 13.1. The molecule has 0 amide bonds. The monoisotopic (exact) mass is 311 g/mol. The maximum atomic E-state index is 10.7. The summed E-state index contributed by atoms with van der Waals surface area (Å²) in [6.07, 6.45) is 0.0796. The van der Waals surface area contributed by atoms with Gasteiger partial charge < -0.3 is 10.0 Å². The number of aliphatic carboxylic acids is 1. The SMILES string of the molecule is CN(C)C(CC(=O)O)c1cc(Br)c(Cl)s1. The van der Waals surface area contributed by atoms with Crippen LogP contribution in [0.25, 0.3) is 0 Å². The van der Waals surface area contributed by atoms with Gasteiger partial charge >= 0.3 is 5.97 Å². The van der Waals surface area contributed by atoms with Crippen molar-refractivity contribution >= 4 is 44.8 Å². The topological polar surface area (TPSA) is 40.5 Å². The van der Waals surface area contributed by atoms with Gasteiger partial charge in [-0.3, -0.25) is 4.79 Å². The van der Waals surface area contributed by atoms with Crippen LogP contribution in [0.2, 0.25) is 4.34 Å². The summed E-state index contributed by atoms with van der Waals surface area (Å²) in [5.74, 6) is -0.811. The Kier molecular flexibility index (Phi) is 4.58. The second kappa shape index (κ2) is 5.30. The quantitative estimate of drug-likeness (QED) is 0.928.